The summed E-state index contributed by atoms with van der Waals surface area (Å²) in [5.41, 5.74) is 3.81. The maximum Gasteiger partial charge on any atom is 0.277 e. The molecule has 2 aromatic carbocycles. The number of halogens is 1. The molecular formula is C19H17BrN2O2S. The minimum absolute atomic E-state index is 0.0498. The normalized spacial score (nSPS) is 12.2. The van der Waals surface area contributed by atoms with E-state index in [9.17, 15) is 4.79 Å². The summed E-state index contributed by atoms with van der Waals surface area (Å²) in [5.74, 6) is 0.481. The summed E-state index contributed by atoms with van der Waals surface area (Å²) in [6.07, 6.45) is 0. The summed E-state index contributed by atoms with van der Waals surface area (Å²) < 4.78 is 6.59. The Morgan fingerprint density at radius 2 is 1.88 bits per heavy atom. The Kier molecular flexibility index (Phi) is 5.39. The van der Waals surface area contributed by atoms with Crippen molar-refractivity contribution >= 4 is 33.5 Å². The minimum Gasteiger partial charge on any atom is -0.411 e. The van der Waals surface area contributed by atoms with E-state index in [0.29, 0.717) is 16.7 Å². The van der Waals surface area contributed by atoms with E-state index < -0.39 is 0 Å². The van der Waals surface area contributed by atoms with Crippen LogP contribution in [0.2, 0.25) is 0 Å². The molecule has 1 unspecified atom stereocenters. The third-order valence-electron chi connectivity index (χ3n) is 3.95. The third kappa shape index (κ3) is 4.02. The molecule has 0 radical (unpaired) electrons. The van der Waals surface area contributed by atoms with E-state index in [4.69, 9.17) is 4.42 Å². The number of nitrogens with zero attached hydrogens (tertiary/aromatic N) is 2. The van der Waals surface area contributed by atoms with Gasteiger partial charge >= 0.3 is 0 Å². The SMILES string of the molecule is Cc1ccc(C(=O)C(C)Sc2nnc(-c3ccccc3Br)o2)cc1C. The van der Waals surface area contributed by atoms with Crippen LogP contribution in [0.25, 0.3) is 11.5 Å². The fourth-order valence-corrected chi connectivity index (χ4v) is 3.55. The fraction of sp³-hybridized carbons (Fsp3) is 0.211. The first-order valence-electron chi connectivity index (χ1n) is 7.82. The molecule has 0 saturated carbocycles. The molecule has 0 aliphatic heterocycles. The van der Waals surface area contributed by atoms with Gasteiger partial charge in [-0.3, -0.25) is 4.79 Å². The topological polar surface area (TPSA) is 56.0 Å². The van der Waals surface area contributed by atoms with Crippen molar-refractivity contribution in [3.05, 3.63) is 63.6 Å². The van der Waals surface area contributed by atoms with Crippen LogP contribution in [0, 0.1) is 13.8 Å². The highest BCUT2D eigenvalue weighted by Crippen LogP contribution is 2.31. The molecule has 128 valence electrons. The van der Waals surface area contributed by atoms with E-state index in [1.807, 2.05) is 63.2 Å². The van der Waals surface area contributed by atoms with Crippen LogP contribution in [0.1, 0.15) is 28.4 Å². The number of rotatable bonds is 5. The lowest BCUT2D eigenvalue weighted by Crippen LogP contribution is -2.13. The zero-order valence-corrected chi connectivity index (χ0v) is 16.5. The molecule has 3 rings (SSSR count). The van der Waals surface area contributed by atoms with Crippen molar-refractivity contribution in [3.63, 3.8) is 0 Å². The molecule has 1 atom stereocenters. The second kappa shape index (κ2) is 7.54. The van der Waals surface area contributed by atoms with Gasteiger partial charge in [0.15, 0.2) is 5.78 Å². The van der Waals surface area contributed by atoms with Crippen LogP contribution in [0.4, 0.5) is 0 Å². The lowest BCUT2D eigenvalue weighted by Gasteiger charge is -2.09. The number of aromatic nitrogens is 2. The van der Waals surface area contributed by atoms with E-state index in [0.717, 1.165) is 15.6 Å². The molecule has 0 aliphatic carbocycles. The van der Waals surface area contributed by atoms with Crippen molar-refractivity contribution in [2.75, 3.05) is 0 Å². The van der Waals surface area contributed by atoms with Gasteiger partial charge in [0, 0.05) is 10.0 Å². The largest absolute Gasteiger partial charge is 0.411 e. The van der Waals surface area contributed by atoms with E-state index in [1.165, 1.54) is 17.3 Å². The Morgan fingerprint density at radius 3 is 2.60 bits per heavy atom. The Balaban J connectivity index is 1.75. The van der Waals surface area contributed by atoms with E-state index >= 15 is 0 Å². The van der Waals surface area contributed by atoms with E-state index in [2.05, 4.69) is 26.1 Å². The Labute approximate surface area is 159 Å². The van der Waals surface area contributed by atoms with Gasteiger partial charge in [-0.2, -0.15) is 0 Å². The molecule has 0 fully saturated rings. The summed E-state index contributed by atoms with van der Waals surface area (Å²) in [5, 5.41) is 8.21. The molecule has 0 N–H and O–H groups in total. The molecule has 4 nitrogen and oxygen atoms in total. The van der Waals surface area contributed by atoms with Crippen molar-refractivity contribution in [1.29, 1.82) is 0 Å². The van der Waals surface area contributed by atoms with Gasteiger partial charge < -0.3 is 4.42 Å². The lowest BCUT2D eigenvalue weighted by molar-refractivity contribution is 0.0993. The van der Waals surface area contributed by atoms with Crippen molar-refractivity contribution in [2.24, 2.45) is 0 Å². The first-order valence-corrected chi connectivity index (χ1v) is 9.49. The number of carbonyl (C=O) groups excluding carboxylic acids is 1. The summed E-state index contributed by atoms with van der Waals surface area (Å²) in [4.78, 5) is 12.6. The predicted octanol–water partition coefficient (Wildman–Crippen LogP) is 5.48. The fourth-order valence-electron chi connectivity index (χ4n) is 2.34. The van der Waals surface area contributed by atoms with Gasteiger partial charge in [-0.25, -0.2) is 0 Å². The van der Waals surface area contributed by atoms with Crippen LogP contribution >= 0.6 is 27.7 Å². The Morgan fingerprint density at radius 1 is 1.12 bits per heavy atom. The van der Waals surface area contributed by atoms with Crippen LogP contribution in [0.5, 0.6) is 0 Å². The molecule has 1 heterocycles. The second-order valence-electron chi connectivity index (χ2n) is 5.78. The summed E-state index contributed by atoms with van der Waals surface area (Å²) in [7, 11) is 0. The molecule has 3 aromatic rings. The van der Waals surface area contributed by atoms with Gasteiger partial charge in [-0.05, 0) is 66.0 Å². The number of benzene rings is 2. The molecule has 6 heteroatoms. The van der Waals surface area contributed by atoms with Crippen LogP contribution in [-0.2, 0) is 0 Å². The van der Waals surface area contributed by atoms with Crippen molar-refractivity contribution in [2.45, 2.75) is 31.2 Å². The molecule has 0 amide bonds. The van der Waals surface area contributed by atoms with E-state index in [1.54, 1.807) is 0 Å². The lowest BCUT2D eigenvalue weighted by atomic mass is 10.0. The van der Waals surface area contributed by atoms with Crippen LogP contribution < -0.4 is 0 Å². The van der Waals surface area contributed by atoms with Crippen LogP contribution in [0.3, 0.4) is 0 Å². The maximum absolute atomic E-state index is 12.6. The summed E-state index contributed by atoms with van der Waals surface area (Å²) in [6.45, 7) is 5.89. The van der Waals surface area contributed by atoms with Gasteiger partial charge in [0.1, 0.15) is 0 Å². The quantitative estimate of drug-likeness (QED) is 0.407. The number of aryl methyl sites for hydroxylation is 2. The third-order valence-corrected chi connectivity index (χ3v) is 5.57. The zero-order valence-electron chi connectivity index (χ0n) is 14.1. The predicted molar refractivity (Wildman–Crippen MR) is 103 cm³/mol. The molecule has 0 spiro atoms. The summed E-state index contributed by atoms with van der Waals surface area (Å²) in [6, 6.07) is 13.4. The van der Waals surface area contributed by atoms with Gasteiger partial charge in [-0.1, -0.05) is 36.0 Å². The first kappa shape index (κ1) is 17.9. The molecular weight excluding hydrogens is 400 g/mol. The van der Waals surface area contributed by atoms with Crippen LogP contribution in [0.15, 0.2) is 56.6 Å². The van der Waals surface area contributed by atoms with Crippen molar-refractivity contribution < 1.29 is 9.21 Å². The highest BCUT2D eigenvalue weighted by molar-refractivity contribution is 9.10. The molecule has 0 saturated heterocycles. The van der Waals surface area contributed by atoms with Gasteiger partial charge in [0.2, 0.25) is 5.89 Å². The number of carbonyl (C=O) groups is 1. The van der Waals surface area contributed by atoms with Crippen molar-refractivity contribution in [3.8, 4) is 11.5 Å². The number of thioether (sulfide) groups is 1. The van der Waals surface area contributed by atoms with Gasteiger partial charge in [0.05, 0.1) is 10.8 Å². The maximum atomic E-state index is 12.6. The number of ketones is 1. The highest BCUT2D eigenvalue weighted by Gasteiger charge is 2.21. The van der Waals surface area contributed by atoms with Gasteiger partial charge in [-0.15, -0.1) is 10.2 Å². The average Bonchev–Trinajstić information content (AvgIpc) is 3.05. The summed E-state index contributed by atoms with van der Waals surface area (Å²) >= 11 is 4.74. The molecule has 0 bridgehead atoms. The monoisotopic (exact) mass is 416 g/mol. The molecule has 0 aliphatic rings. The number of hydrogen-bond donors (Lipinski definition) is 0. The second-order valence-corrected chi connectivity index (χ2v) is 7.92. The Hall–Kier alpha value is -1.92. The van der Waals surface area contributed by atoms with Crippen LogP contribution in [-0.4, -0.2) is 21.2 Å². The number of Topliss-reactive ketones (excluding diaryl/α,β-unsaturated/α-hetero) is 1. The Bertz CT molecular complexity index is 923. The minimum atomic E-state index is -0.311. The zero-order chi connectivity index (χ0) is 18.0. The first-order chi connectivity index (χ1) is 12.0. The molecule has 1 aromatic heterocycles. The number of hydrogen-bond acceptors (Lipinski definition) is 5. The molecule has 25 heavy (non-hydrogen) atoms. The highest BCUT2D eigenvalue weighted by atomic mass is 79.9. The van der Waals surface area contributed by atoms with Crippen molar-refractivity contribution in [1.82, 2.24) is 10.2 Å². The smallest absolute Gasteiger partial charge is 0.277 e. The van der Waals surface area contributed by atoms with Gasteiger partial charge in [0.25, 0.3) is 5.22 Å². The standard InChI is InChI=1S/C19H17BrN2O2S/c1-11-8-9-14(10-12(11)2)17(23)13(3)25-19-22-21-18(24-19)15-6-4-5-7-16(15)20/h4-10,13H,1-3H3. The van der Waals surface area contributed by atoms with E-state index in [-0.39, 0.29) is 11.0 Å². The average molecular weight is 417 g/mol.